The van der Waals surface area contributed by atoms with Crippen LogP contribution in [0.1, 0.15) is 16.0 Å². The van der Waals surface area contributed by atoms with Crippen LogP contribution in [0, 0.1) is 13.8 Å². The first kappa shape index (κ1) is 12.5. The molecule has 90 valence electrons. The second kappa shape index (κ2) is 5.10. The normalized spacial score (nSPS) is 10.5. The summed E-state index contributed by atoms with van der Waals surface area (Å²) in [6.45, 7) is 4.98. The van der Waals surface area contributed by atoms with Gasteiger partial charge in [-0.3, -0.25) is 0 Å². The number of anilines is 2. The van der Waals surface area contributed by atoms with Crippen molar-refractivity contribution in [2.45, 2.75) is 20.4 Å². The fraction of sp³-hybridized carbons (Fsp3) is 0.231. The Morgan fingerprint density at radius 3 is 2.59 bits per heavy atom. The van der Waals surface area contributed by atoms with E-state index in [1.807, 2.05) is 6.07 Å². The molecule has 2 aromatic rings. The molecule has 2 rings (SSSR count). The molecule has 0 spiro atoms. The SMILES string of the molecule is Cc1cc(N)c(NCc2cc(Br)cs2)cc1C. The second-order valence-corrected chi connectivity index (χ2v) is 6.02. The summed E-state index contributed by atoms with van der Waals surface area (Å²) in [5, 5.41) is 5.46. The minimum Gasteiger partial charge on any atom is -0.397 e. The highest BCUT2D eigenvalue weighted by Gasteiger charge is 2.03. The van der Waals surface area contributed by atoms with Gasteiger partial charge in [0.05, 0.1) is 11.4 Å². The van der Waals surface area contributed by atoms with E-state index in [0.717, 1.165) is 22.4 Å². The van der Waals surface area contributed by atoms with E-state index in [4.69, 9.17) is 5.73 Å². The van der Waals surface area contributed by atoms with Crippen molar-refractivity contribution >= 4 is 38.6 Å². The molecule has 4 heteroatoms. The van der Waals surface area contributed by atoms with Crippen LogP contribution in [0.2, 0.25) is 0 Å². The second-order valence-electron chi connectivity index (χ2n) is 4.11. The monoisotopic (exact) mass is 310 g/mol. The number of hydrogen-bond donors (Lipinski definition) is 2. The zero-order valence-electron chi connectivity index (χ0n) is 9.88. The third-order valence-corrected chi connectivity index (χ3v) is 4.44. The molecule has 3 N–H and O–H groups in total. The molecule has 0 aliphatic rings. The number of nitrogens with two attached hydrogens (primary N) is 1. The van der Waals surface area contributed by atoms with Gasteiger partial charge in [-0.15, -0.1) is 11.3 Å². The molecular formula is C13H15BrN2S. The van der Waals surface area contributed by atoms with E-state index in [0.29, 0.717) is 0 Å². The molecule has 1 aromatic heterocycles. The summed E-state index contributed by atoms with van der Waals surface area (Å²) in [5.74, 6) is 0. The summed E-state index contributed by atoms with van der Waals surface area (Å²) in [4.78, 5) is 1.29. The van der Waals surface area contributed by atoms with Crippen molar-refractivity contribution in [3.05, 3.63) is 44.1 Å². The Hall–Kier alpha value is -1.00. The van der Waals surface area contributed by atoms with Gasteiger partial charge in [-0.25, -0.2) is 0 Å². The lowest BCUT2D eigenvalue weighted by Gasteiger charge is -2.11. The average Bonchev–Trinajstić information content (AvgIpc) is 2.68. The summed E-state index contributed by atoms with van der Waals surface area (Å²) in [6.07, 6.45) is 0. The first-order valence-electron chi connectivity index (χ1n) is 5.40. The van der Waals surface area contributed by atoms with Crippen molar-refractivity contribution in [2.75, 3.05) is 11.1 Å². The molecule has 1 heterocycles. The summed E-state index contributed by atoms with van der Waals surface area (Å²) in [5.41, 5.74) is 10.3. The first-order valence-corrected chi connectivity index (χ1v) is 7.07. The maximum atomic E-state index is 5.99. The quantitative estimate of drug-likeness (QED) is 0.828. The summed E-state index contributed by atoms with van der Waals surface area (Å²) >= 11 is 5.18. The molecule has 0 fully saturated rings. The highest BCUT2D eigenvalue weighted by atomic mass is 79.9. The van der Waals surface area contributed by atoms with E-state index in [1.165, 1.54) is 16.0 Å². The first-order chi connectivity index (χ1) is 8.06. The fourth-order valence-electron chi connectivity index (χ4n) is 1.62. The predicted molar refractivity (Wildman–Crippen MR) is 79.7 cm³/mol. The Balaban J connectivity index is 2.11. The van der Waals surface area contributed by atoms with Crippen molar-refractivity contribution < 1.29 is 0 Å². The van der Waals surface area contributed by atoms with E-state index >= 15 is 0 Å². The Kier molecular flexibility index (Phi) is 3.74. The zero-order valence-corrected chi connectivity index (χ0v) is 12.3. The van der Waals surface area contributed by atoms with Gasteiger partial charge < -0.3 is 11.1 Å². The van der Waals surface area contributed by atoms with E-state index in [9.17, 15) is 0 Å². The van der Waals surface area contributed by atoms with Crippen molar-refractivity contribution in [3.8, 4) is 0 Å². The van der Waals surface area contributed by atoms with Crippen LogP contribution in [0.5, 0.6) is 0 Å². The van der Waals surface area contributed by atoms with E-state index < -0.39 is 0 Å². The molecule has 0 aliphatic carbocycles. The molecule has 2 nitrogen and oxygen atoms in total. The molecule has 0 atom stereocenters. The Bertz CT molecular complexity index is 534. The van der Waals surface area contributed by atoms with Gasteiger partial charge in [0.25, 0.3) is 0 Å². The van der Waals surface area contributed by atoms with Crippen LogP contribution in [-0.4, -0.2) is 0 Å². The van der Waals surface area contributed by atoms with Crippen molar-refractivity contribution in [1.29, 1.82) is 0 Å². The van der Waals surface area contributed by atoms with E-state index in [1.54, 1.807) is 11.3 Å². The van der Waals surface area contributed by atoms with Gasteiger partial charge in [0.2, 0.25) is 0 Å². The summed E-state index contributed by atoms with van der Waals surface area (Å²) in [6, 6.07) is 6.24. The average molecular weight is 311 g/mol. The van der Waals surface area contributed by atoms with Gasteiger partial charge in [0.15, 0.2) is 0 Å². The van der Waals surface area contributed by atoms with Crippen LogP contribution in [0.25, 0.3) is 0 Å². The number of rotatable bonds is 3. The molecule has 0 saturated carbocycles. The van der Waals surface area contributed by atoms with Gasteiger partial charge in [0.1, 0.15) is 0 Å². The van der Waals surface area contributed by atoms with Gasteiger partial charge in [-0.2, -0.15) is 0 Å². The number of hydrogen-bond acceptors (Lipinski definition) is 3. The van der Waals surface area contributed by atoms with Crippen molar-refractivity contribution in [3.63, 3.8) is 0 Å². The number of benzene rings is 1. The van der Waals surface area contributed by atoms with Crippen LogP contribution in [-0.2, 0) is 6.54 Å². The van der Waals surface area contributed by atoms with Crippen LogP contribution in [0.3, 0.4) is 0 Å². The standard InChI is InChI=1S/C13H15BrN2S/c1-8-3-12(15)13(4-9(8)2)16-6-11-5-10(14)7-17-11/h3-5,7,16H,6,15H2,1-2H3. The lowest BCUT2D eigenvalue weighted by Crippen LogP contribution is -2.02. The van der Waals surface area contributed by atoms with Crippen LogP contribution >= 0.6 is 27.3 Å². The van der Waals surface area contributed by atoms with Crippen molar-refractivity contribution in [1.82, 2.24) is 0 Å². The number of nitrogens with one attached hydrogen (secondary N) is 1. The van der Waals surface area contributed by atoms with Gasteiger partial charge >= 0.3 is 0 Å². The van der Waals surface area contributed by atoms with Crippen LogP contribution < -0.4 is 11.1 Å². The topological polar surface area (TPSA) is 38.0 Å². The molecule has 0 aliphatic heterocycles. The highest BCUT2D eigenvalue weighted by Crippen LogP contribution is 2.25. The van der Waals surface area contributed by atoms with Crippen LogP contribution in [0.15, 0.2) is 28.1 Å². The largest absolute Gasteiger partial charge is 0.397 e. The third-order valence-electron chi connectivity index (χ3n) is 2.74. The van der Waals surface area contributed by atoms with E-state index in [2.05, 4.69) is 52.6 Å². The number of halogens is 1. The molecular weight excluding hydrogens is 296 g/mol. The molecule has 0 saturated heterocycles. The number of aryl methyl sites for hydroxylation is 2. The van der Waals surface area contributed by atoms with Gasteiger partial charge in [-0.05, 0) is 59.1 Å². The Morgan fingerprint density at radius 2 is 1.94 bits per heavy atom. The maximum absolute atomic E-state index is 5.99. The molecule has 0 radical (unpaired) electrons. The fourth-order valence-corrected chi connectivity index (χ4v) is 3.01. The van der Waals surface area contributed by atoms with Crippen molar-refractivity contribution in [2.24, 2.45) is 0 Å². The minimum atomic E-state index is 0.808. The minimum absolute atomic E-state index is 0.808. The molecule has 17 heavy (non-hydrogen) atoms. The molecule has 0 bridgehead atoms. The third kappa shape index (κ3) is 3.01. The lowest BCUT2D eigenvalue weighted by molar-refractivity contribution is 1.18. The smallest absolute Gasteiger partial charge is 0.0579 e. The Morgan fingerprint density at radius 1 is 1.24 bits per heavy atom. The Labute approximate surface area is 114 Å². The summed E-state index contributed by atoms with van der Waals surface area (Å²) in [7, 11) is 0. The highest BCUT2D eigenvalue weighted by molar-refractivity contribution is 9.10. The van der Waals surface area contributed by atoms with E-state index in [-0.39, 0.29) is 0 Å². The maximum Gasteiger partial charge on any atom is 0.0579 e. The molecule has 0 unspecified atom stereocenters. The van der Waals surface area contributed by atoms with Gasteiger partial charge in [-0.1, -0.05) is 0 Å². The lowest BCUT2D eigenvalue weighted by atomic mass is 10.1. The number of thiophene rings is 1. The molecule has 0 amide bonds. The zero-order chi connectivity index (χ0) is 12.4. The predicted octanol–water partition coefficient (Wildman–Crippen LogP) is 4.32. The molecule has 1 aromatic carbocycles. The number of nitrogen functional groups attached to an aromatic ring is 1. The van der Waals surface area contributed by atoms with Gasteiger partial charge in [0, 0.05) is 21.3 Å². The van der Waals surface area contributed by atoms with Crippen LogP contribution in [0.4, 0.5) is 11.4 Å². The summed E-state index contributed by atoms with van der Waals surface area (Å²) < 4.78 is 1.13.